The zero-order valence-corrected chi connectivity index (χ0v) is 16.7. The van der Waals surface area contributed by atoms with Crippen LogP contribution in [0.3, 0.4) is 0 Å². The summed E-state index contributed by atoms with van der Waals surface area (Å²) in [6.07, 6.45) is 0. The van der Waals surface area contributed by atoms with Gasteiger partial charge in [0.05, 0.1) is 18.7 Å². The van der Waals surface area contributed by atoms with Crippen molar-refractivity contribution in [2.24, 2.45) is 5.73 Å². The number of ether oxygens (including phenoxy) is 2. The predicted molar refractivity (Wildman–Crippen MR) is 103 cm³/mol. The number of benzene rings is 2. The van der Waals surface area contributed by atoms with Crippen LogP contribution in [0.4, 0.5) is 0 Å². The van der Waals surface area contributed by atoms with Crippen molar-refractivity contribution in [2.45, 2.75) is 24.8 Å². The molecule has 2 rings (SSSR count). The molecule has 1 atom stereocenters. The van der Waals surface area contributed by atoms with Crippen LogP contribution in [0.25, 0.3) is 0 Å². The number of primary amides is 1. The van der Waals surface area contributed by atoms with Crippen molar-refractivity contribution in [1.29, 1.82) is 0 Å². The third-order valence-electron chi connectivity index (χ3n) is 3.66. The first-order valence-corrected chi connectivity index (χ1v) is 9.89. The molecule has 0 saturated carbocycles. The van der Waals surface area contributed by atoms with E-state index in [0.717, 1.165) is 5.56 Å². The van der Waals surface area contributed by atoms with Crippen LogP contribution in [0.5, 0.6) is 11.5 Å². The first kappa shape index (κ1) is 21.0. The summed E-state index contributed by atoms with van der Waals surface area (Å²) >= 11 is 5.85. The van der Waals surface area contributed by atoms with E-state index in [4.69, 9.17) is 26.8 Å². The number of hydrogen-bond acceptors (Lipinski definition) is 5. The average molecular weight is 413 g/mol. The third-order valence-corrected chi connectivity index (χ3v) is 5.51. The lowest BCUT2D eigenvalue weighted by Gasteiger charge is -2.18. The number of rotatable bonds is 8. The molecule has 3 N–H and O–H groups in total. The van der Waals surface area contributed by atoms with E-state index in [-0.39, 0.29) is 28.6 Å². The lowest BCUT2D eigenvalue weighted by molar-refractivity contribution is 0.0996. The second kappa shape index (κ2) is 8.60. The minimum Gasteiger partial charge on any atom is -0.495 e. The van der Waals surface area contributed by atoms with E-state index in [2.05, 4.69) is 4.72 Å². The first-order valence-electron chi connectivity index (χ1n) is 8.03. The van der Waals surface area contributed by atoms with Crippen molar-refractivity contribution < 1.29 is 22.7 Å². The van der Waals surface area contributed by atoms with Crippen molar-refractivity contribution in [1.82, 2.24) is 4.72 Å². The molecule has 0 saturated heterocycles. The Balaban J connectivity index is 2.13. The molecule has 9 heteroatoms. The van der Waals surface area contributed by atoms with Gasteiger partial charge in [0.25, 0.3) is 5.91 Å². The Morgan fingerprint density at radius 1 is 1.22 bits per heavy atom. The molecule has 0 unspecified atom stereocenters. The van der Waals surface area contributed by atoms with E-state index in [0.29, 0.717) is 5.02 Å². The summed E-state index contributed by atoms with van der Waals surface area (Å²) in [6.45, 7) is 3.41. The molecule has 7 nitrogen and oxygen atoms in total. The Hall–Kier alpha value is -2.29. The number of halogens is 1. The van der Waals surface area contributed by atoms with Crippen molar-refractivity contribution in [3.05, 3.63) is 52.5 Å². The lowest BCUT2D eigenvalue weighted by atomic mass is 10.2. The molecule has 0 fully saturated rings. The maximum Gasteiger partial charge on any atom is 0.252 e. The van der Waals surface area contributed by atoms with E-state index < -0.39 is 22.0 Å². The van der Waals surface area contributed by atoms with Crippen molar-refractivity contribution >= 4 is 27.5 Å². The van der Waals surface area contributed by atoms with Crippen molar-refractivity contribution in [3.8, 4) is 11.5 Å². The molecule has 0 heterocycles. The molecule has 2 aromatic carbocycles. The molecular weight excluding hydrogens is 392 g/mol. The summed E-state index contributed by atoms with van der Waals surface area (Å²) in [6, 6.07) is 8.75. The number of nitrogens with two attached hydrogens (primary N) is 1. The van der Waals surface area contributed by atoms with Gasteiger partial charge in [0.15, 0.2) is 0 Å². The molecular formula is C18H21ClN2O5S. The molecule has 146 valence electrons. The highest BCUT2D eigenvalue weighted by molar-refractivity contribution is 7.89. The van der Waals surface area contributed by atoms with E-state index >= 15 is 0 Å². The molecule has 2 aromatic rings. The minimum atomic E-state index is -3.83. The summed E-state index contributed by atoms with van der Waals surface area (Å²) in [5, 5.41) is 0.344. The molecule has 0 radical (unpaired) electrons. The molecule has 0 aromatic heterocycles. The van der Waals surface area contributed by atoms with E-state index in [9.17, 15) is 13.2 Å². The van der Waals surface area contributed by atoms with Crippen LogP contribution in [-0.2, 0) is 10.0 Å². The van der Waals surface area contributed by atoms with Crippen LogP contribution < -0.4 is 19.9 Å². The van der Waals surface area contributed by atoms with E-state index in [1.54, 1.807) is 32.0 Å². The summed E-state index contributed by atoms with van der Waals surface area (Å²) in [4.78, 5) is 11.5. The van der Waals surface area contributed by atoms with Gasteiger partial charge in [-0.05, 0) is 49.7 Å². The van der Waals surface area contributed by atoms with E-state index in [1.807, 2.05) is 0 Å². The van der Waals surface area contributed by atoms with Gasteiger partial charge in [-0.1, -0.05) is 17.7 Å². The highest BCUT2D eigenvalue weighted by Crippen LogP contribution is 2.25. The number of hydrogen-bond donors (Lipinski definition) is 2. The maximum absolute atomic E-state index is 12.7. The number of aryl methyl sites for hydroxylation is 1. The number of carbonyl (C=O) groups is 1. The van der Waals surface area contributed by atoms with Crippen LogP contribution in [0, 0.1) is 6.92 Å². The molecule has 0 bridgehead atoms. The summed E-state index contributed by atoms with van der Waals surface area (Å²) in [5.41, 5.74) is 6.22. The van der Waals surface area contributed by atoms with Crippen LogP contribution in [0.15, 0.2) is 41.3 Å². The molecule has 1 amide bonds. The van der Waals surface area contributed by atoms with E-state index in [1.165, 1.54) is 25.3 Å². The van der Waals surface area contributed by atoms with Gasteiger partial charge in [0.2, 0.25) is 10.0 Å². The fourth-order valence-corrected chi connectivity index (χ4v) is 4.05. The Labute approximate surface area is 163 Å². The maximum atomic E-state index is 12.7. The second-order valence-corrected chi connectivity index (χ2v) is 8.11. The fourth-order valence-electron chi connectivity index (χ4n) is 2.39. The molecule has 0 aliphatic rings. The minimum absolute atomic E-state index is 0.0186. The number of nitrogens with one attached hydrogen (secondary N) is 1. The van der Waals surface area contributed by atoms with Crippen LogP contribution in [-0.4, -0.2) is 34.1 Å². The van der Waals surface area contributed by atoms with Gasteiger partial charge in [-0.2, -0.15) is 0 Å². The Kier molecular flexibility index (Phi) is 6.69. The number of methoxy groups -OCH3 is 1. The largest absolute Gasteiger partial charge is 0.495 e. The normalized spacial score (nSPS) is 12.4. The van der Waals surface area contributed by atoms with Gasteiger partial charge in [-0.3, -0.25) is 4.79 Å². The molecule has 27 heavy (non-hydrogen) atoms. The Bertz CT molecular complexity index is 947. The van der Waals surface area contributed by atoms with Crippen LogP contribution >= 0.6 is 11.6 Å². The van der Waals surface area contributed by atoms with Gasteiger partial charge in [0, 0.05) is 5.02 Å². The fraction of sp³-hybridized carbons (Fsp3) is 0.278. The van der Waals surface area contributed by atoms with Gasteiger partial charge >= 0.3 is 0 Å². The quantitative estimate of drug-likeness (QED) is 0.692. The Morgan fingerprint density at radius 2 is 1.89 bits per heavy atom. The van der Waals surface area contributed by atoms with Gasteiger partial charge in [-0.25, -0.2) is 13.1 Å². The SMILES string of the molecule is COc1ccc(C)cc1S(=O)(=O)N[C@@H](C)COc1ccc(Cl)cc1C(N)=O. The summed E-state index contributed by atoms with van der Waals surface area (Å²) in [7, 11) is -2.43. The van der Waals surface area contributed by atoms with Gasteiger partial charge < -0.3 is 15.2 Å². The second-order valence-electron chi connectivity index (χ2n) is 5.99. The summed E-state index contributed by atoms with van der Waals surface area (Å²) < 4.78 is 38.6. The zero-order chi connectivity index (χ0) is 20.2. The smallest absolute Gasteiger partial charge is 0.252 e. The molecule has 0 aliphatic heterocycles. The Morgan fingerprint density at radius 3 is 2.52 bits per heavy atom. The summed E-state index contributed by atoms with van der Waals surface area (Å²) in [5.74, 6) is -0.216. The predicted octanol–water partition coefficient (Wildman–Crippen LogP) is 2.50. The standard InChI is InChI=1S/C18H21ClN2O5S/c1-11-4-6-16(25-3)17(8-11)27(23,24)21-12(2)10-26-15-7-5-13(19)9-14(15)18(20)22/h4-9,12,21H,10H2,1-3H3,(H2,20,22)/t12-/m0/s1. The van der Waals surface area contributed by atoms with Gasteiger partial charge in [0.1, 0.15) is 23.0 Å². The third kappa shape index (κ3) is 5.35. The number of carbonyl (C=O) groups excluding carboxylic acids is 1. The number of sulfonamides is 1. The first-order chi connectivity index (χ1) is 12.6. The number of amides is 1. The molecule has 0 aliphatic carbocycles. The van der Waals surface area contributed by atoms with Gasteiger partial charge in [-0.15, -0.1) is 0 Å². The van der Waals surface area contributed by atoms with Crippen LogP contribution in [0.1, 0.15) is 22.8 Å². The average Bonchev–Trinajstić information content (AvgIpc) is 2.60. The van der Waals surface area contributed by atoms with Crippen molar-refractivity contribution in [3.63, 3.8) is 0 Å². The highest BCUT2D eigenvalue weighted by atomic mass is 35.5. The van der Waals surface area contributed by atoms with Crippen LogP contribution in [0.2, 0.25) is 5.02 Å². The van der Waals surface area contributed by atoms with Crippen molar-refractivity contribution in [2.75, 3.05) is 13.7 Å². The zero-order valence-electron chi connectivity index (χ0n) is 15.2. The lowest BCUT2D eigenvalue weighted by Crippen LogP contribution is -2.37. The highest BCUT2D eigenvalue weighted by Gasteiger charge is 2.22. The monoisotopic (exact) mass is 412 g/mol. The molecule has 0 spiro atoms. The topological polar surface area (TPSA) is 108 Å².